The number of hydrogen-bond acceptors (Lipinski definition) is 6. The van der Waals surface area contributed by atoms with E-state index < -0.39 is 27.9 Å². The van der Waals surface area contributed by atoms with Crippen LogP contribution in [0.4, 0.5) is 11.4 Å². The monoisotopic (exact) mass is 781 g/mol. The molecule has 0 bridgehead atoms. The van der Waals surface area contributed by atoms with Gasteiger partial charge in [-0.2, -0.15) is 0 Å². The number of nitrogens with one attached hydrogen (secondary N) is 2. The first kappa shape index (κ1) is 40.6. The van der Waals surface area contributed by atoms with Gasteiger partial charge in [0.15, 0.2) is 0 Å². The number of para-hydroxylation sites is 1. The van der Waals surface area contributed by atoms with Gasteiger partial charge in [0.1, 0.15) is 25.4 Å². The Balaban J connectivity index is 1.18. The smallest absolute Gasteiger partial charge is 0.326 e. The number of carboxylic acids is 1. The molecule has 0 aromatic heterocycles. The molecule has 6 rings (SSSR count). The molecule has 6 aromatic carbocycles. The van der Waals surface area contributed by atoms with Crippen LogP contribution >= 0.6 is 0 Å². The fourth-order valence-corrected chi connectivity index (χ4v) is 8.11. The van der Waals surface area contributed by atoms with Crippen LogP contribution < -0.4 is 25.1 Å². The van der Waals surface area contributed by atoms with Crippen molar-refractivity contribution >= 4 is 57.4 Å². The Kier molecular flexibility index (Phi) is 13.3. The number of unbranched alkanes of at least 4 members (excludes halogenated alkanes) is 2. The Morgan fingerprint density at radius 1 is 0.737 bits per heavy atom. The Labute approximate surface area is 336 Å². The highest BCUT2D eigenvalue weighted by atomic mass is 32.2. The Hall–Kier alpha value is -6.07. The van der Waals surface area contributed by atoms with E-state index >= 15 is 0 Å². The molecule has 0 heterocycles. The predicted molar refractivity (Wildman–Crippen MR) is 232 cm³/mol. The topological polar surface area (TPSA) is 125 Å². The third-order valence-corrected chi connectivity index (χ3v) is 11.3. The fraction of sp³-hybridized carbons (Fsp3) is 0.217. The highest BCUT2D eigenvalue weighted by Crippen LogP contribution is 2.33. The van der Waals surface area contributed by atoms with Gasteiger partial charge in [0.25, 0.3) is 15.9 Å². The van der Waals surface area contributed by atoms with Gasteiger partial charge in [-0.05, 0) is 72.0 Å². The summed E-state index contributed by atoms with van der Waals surface area (Å²) in [4.78, 5) is 28.7. The molecule has 0 aliphatic rings. The SMILES string of the molecule is Bc1ccc(NS(=O)(=O)c2cccc3c(N(CCCC)CCCC)cccc23)c(C(=O)N[C@@H](Cc2ccc(-c3ccc(Oc4ccccc4)cc3)cc2)C(=O)O)c1. The van der Waals surface area contributed by atoms with Gasteiger partial charge >= 0.3 is 5.97 Å². The van der Waals surface area contributed by atoms with Crippen molar-refractivity contribution in [3.05, 3.63) is 145 Å². The molecule has 1 amide bonds. The van der Waals surface area contributed by atoms with Crippen molar-refractivity contribution in [2.45, 2.75) is 56.9 Å². The molecule has 3 N–H and O–H groups in total. The zero-order chi connectivity index (χ0) is 40.4. The Bertz CT molecular complexity index is 2420. The molecule has 0 radical (unpaired) electrons. The number of carbonyl (C=O) groups is 2. The number of sulfonamides is 1. The zero-order valence-corrected chi connectivity index (χ0v) is 33.4. The average molecular weight is 782 g/mol. The normalized spacial score (nSPS) is 11.8. The molecule has 0 unspecified atom stereocenters. The van der Waals surface area contributed by atoms with E-state index in [4.69, 9.17) is 4.74 Å². The largest absolute Gasteiger partial charge is 0.480 e. The molecule has 11 heteroatoms. The number of nitrogens with zero attached hydrogens (tertiary/aromatic N) is 1. The lowest BCUT2D eigenvalue weighted by molar-refractivity contribution is -0.139. The number of amides is 1. The predicted octanol–water partition coefficient (Wildman–Crippen LogP) is 8.19. The maximum absolute atomic E-state index is 14.1. The van der Waals surface area contributed by atoms with Crippen LogP contribution in [0.1, 0.15) is 55.5 Å². The summed E-state index contributed by atoms with van der Waals surface area (Å²) in [6.07, 6.45) is 4.16. The summed E-state index contributed by atoms with van der Waals surface area (Å²) in [5, 5.41) is 14.2. The molecule has 9 nitrogen and oxygen atoms in total. The summed E-state index contributed by atoms with van der Waals surface area (Å²) in [5.41, 5.74) is 4.37. The minimum absolute atomic E-state index is 0.0178. The van der Waals surface area contributed by atoms with Gasteiger partial charge in [-0.1, -0.05) is 123 Å². The number of carboxylic acid groups (broad SMARTS) is 1. The lowest BCUT2D eigenvalue weighted by atomic mass is 9.93. The standard InChI is InChI=1S/C46H48BN3O6S/c1-3-5-28-50(29-6-4-2)43-16-10-15-39-38(43)14-11-17-44(39)57(54,55)49-41-27-24-35(47)31-40(41)45(51)48-42(46(52)53)30-32-18-20-33(21-19-32)34-22-25-37(26-23-34)56-36-12-8-7-9-13-36/h7-27,31,42,49H,3-6,28-30,47H2,1-2H3,(H,48,51)(H,52,53)/t42-/m0/s1. The van der Waals surface area contributed by atoms with Crippen molar-refractivity contribution in [1.29, 1.82) is 0 Å². The van der Waals surface area contributed by atoms with Crippen LogP contribution in [0.2, 0.25) is 0 Å². The summed E-state index contributed by atoms with van der Waals surface area (Å²) in [6.45, 7) is 6.05. The first-order chi connectivity index (χ1) is 27.6. The third-order valence-electron chi connectivity index (χ3n) is 9.88. The van der Waals surface area contributed by atoms with Crippen molar-refractivity contribution in [2.75, 3.05) is 22.7 Å². The number of hydrogen-bond donors (Lipinski definition) is 3. The Morgan fingerprint density at radius 3 is 2.00 bits per heavy atom. The lowest BCUT2D eigenvalue weighted by Crippen LogP contribution is -2.42. The molecule has 0 aliphatic carbocycles. The van der Waals surface area contributed by atoms with E-state index in [0.29, 0.717) is 22.2 Å². The summed E-state index contributed by atoms with van der Waals surface area (Å²) in [5.74, 6) is -0.465. The second-order valence-electron chi connectivity index (χ2n) is 14.2. The molecule has 1 atom stereocenters. The molecule has 0 aliphatic heterocycles. The van der Waals surface area contributed by atoms with E-state index in [2.05, 4.69) is 28.8 Å². The van der Waals surface area contributed by atoms with Gasteiger partial charge in [0.05, 0.1) is 16.1 Å². The van der Waals surface area contributed by atoms with Gasteiger partial charge in [-0.3, -0.25) is 9.52 Å². The number of ether oxygens (including phenoxy) is 1. The number of anilines is 2. The van der Waals surface area contributed by atoms with Gasteiger partial charge < -0.3 is 20.1 Å². The summed E-state index contributed by atoms with van der Waals surface area (Å²) in [7, 11) is -2.41. The summed E-state index contributed by atoms with van der Waals surface area (Å²) >= 11 is 0. The van der Waals surface area contributed by atoms with Crippen LogP contribution in [-0.2, 0) is 21.2 Å². The molecular formula is C46H48BN3O6S. The van der Waals surface area contributed by atoms with Gasteiger partial charge in [0, 0.05) is 36.0 Å². The number of fused-ring (bicyclic) bond motifs is 1. The van der Waals surface area contributed by atoms with E-state index in [0.717, 1.165) is 66.7 Å². The van der Waals surface area contributed by atoms with Crippen LogP contribution in [0.5, 0.6) is 11.5 Å². The van der Waals surface area contributed by atoms with E-state index in [1.165, 1.54) is 6.07 Å². The zero-order valence-electron chi connectivity index (χ0n) is 32.6. The third kappa shape index (κ3) is 10.2. The lowest BCUT2D eigenvalue weighted by Gasteiger charge is -2.26. The molecule has 57 heavy (non-hydrogen) atoms. The van der Waals surface area contributed by atoms with E-state index in [1.54, 1.807) is 38.2 Å². The van der Waals surface area contributed by atoms with Crippen LogP contribution in [0.3, 0.4) is 0 Å². The molecule has 0 saturated carbocycles. The molecular weight excluding hydrogens is 733 g/mol. The number of carbonyl (C=O) groups excluding carboxylic acids is 1. The highest BCUT2D eigenvalue weighted by Gasteiger charge is 2.26. The van der Waals surface area contributed by atoms with Crippen molar-refractivity contribution in [1.82, 2.24) is 5.32 Å². The number of rotatable bonds is 18. The molecule has 292 valence electrons. The summed E-state index contributed by atoms with van der Waals surface area (Å²) < 4.78 is 36.8. The van der Waals surface area contributed by atoms with Crippen molar-refractivity contribution in [2.24, 2.45) is 0 Å². The maximum Gasteiger partial charge on any atom is 0.326 e. The molecule has 0 spiro atoms. The van der Waals surface area contributed by atoms with Gasteiger partial charge in [-0.25, -0.2) is 13.2 Å². The first-order valence-corrected chi connectivity index (χ1v) is 20.9. The van der Waals surface area contributed by atoms with Crippen LogP contribution in [0, 0.1) is 0 Å². The molecule has 0 saturated heterocycles. The first-order valence-electron chi connectivity index (χ1n) is 19.4. The number of benzene rings is 6. The quantitative estimate of drug-likeness (QED) is 0.0752. The van der Waals surface area contributed by atoms with Gasteiger partial charge in [-0.15, -0.1) is 0 Å². The summed E-state index contributed by atoms with van der Waals surface area (Å²) in [6, 6.07) is 39.2. The fourth-order valence-electron chi connectivity index (χ4n) is 6.81. The van der Waals surface area contributed by atoms with Crippen molar-refractivity contribution in [3.63, 3.8) is 0 Å². The highest BCUT2D eigenvalue weighted by molar-refractivity contribution is 7.93. The van der Waals surface area contributed by atoms with Crippen molar-refractivity contribution in [3.8, 4) is 22.6 Å². The van der Waals surface area contributed by atoms with E-state index in [9.17, 15) is 23.1 Å². The van der Waals surface area contributed by atoms with Crippen LogP contribution in [0.15, 0.2) is 138 Å². The molecule has 6 aromatic rings. The minimum Gasteiger partial charge on any atom is -0.480 e. The second kappa shape index (κ2) is 18.7. The van der Waals surface area contributed by atoms with Crippen molar-refractivity contribution < 1.29 is 27.9 Å². The van der Waals surface area contributed by atoms with Gasteiger partial charge in [0.2, 0.25) is 0 Å². The number of aliphatic carboxylic acids is 1. The van der Waals surface area contributed by atoms with Crippen LogP contribution in [0.25, 0.3) is 21.9 Å². The average Bonchev–Trinajstić information content (AvgIpc) is 3.21. The van der Waals surface area contributed by atoms with E-state index in [1.807, 2.05) is 97.1 Å². The van der Waals surface area contributed by atoms with E-state index in [-0.39, 0.29) is 22.6 Å². The second-order valence-corrected chi connectivity index (χ2v) is 15.8. The minimum atomic E-state index is -4.19. The van der Waals surface area contributed by atoms with Crippen LogP contribution in [-0.4, -0.2) is 52.4 Å². The molecule has 0 fully saturated rings. The maximum atomic E-state index is 14.1. The Morgan fingerprint density at radius 2 is 1.35 bits per heavy atom.